The van der Waals surface area contributed by atoms with Gasteiger partial charge in [0.2, 0.25) is 0 Å². The van der Waals surface area contributed by atoms with Crippen molar-refractivity contribution in [1.82, 2.24) is 0 Å². The third kappa shape index (κ3) is 5.56. The topological polar surface area (TPSA) is 3.24 Å². The van der Waals surface area contributed by atoms with Gasteiger partial charge in [-0.2, -0.15) is 0 Å². The SMILES string of the molecule is c1ccc(C2(c3ccccc3)c3ccccc3-c3ccc(N(c4cccc(-c5cccc6ccccc56)c4)c4ccccc4-c4cc5ccccc5c5ccccc45)cc32)cc1. The van der Waals surface area contributed by atoms with E-state index >= 15 is 0 Å². The van der Waals surface area contributed by atoms with Gasteiger partial charge in [-0.3, -0.25) is 0 Å². The predicted octanol–water partition coefficient (Wildman–Crippen LogP) is 16.3. The Bertz CT molecular complexity index is 3430. The van der Waals surface area contributed by atoms with E-state index in [1.165, 1.54) is 88.0 Å². The van der Waals surface area contributed by atoms with E-state index in [0.717, 1.165) is 17.1 Å². The molecule has 11 aromatic rings. The lowest BCUT2D eigenvalue weighted by Crippen LogP contribution is -2.28. The van der Waals surface area contributed by atoms with Crippen LogP contribution in [0.2, 0.25) is 0 Å². The molecule has 290 valence electrons. The third-order valence-corrected chi connectivity index (χ3v) is 13.1. The molecule has 0 spiro atoms. The highest BCUT2D eigenvalue weighted by Crippen LogP contribution is 2.57. The zero-order chi connectivity index (χ0) is 41.0. The van der Waals surface area contributed by atoms with Gasteiger partial charge in [0, 0.05) is 16.9 Å². The van der Waals surface area contributed by atoms with Crippen LogP contribution in [0.15, 0.2) is 249 Å². The third-order valence-electron chi connectivity index (χ3n) is 13.1. The van der Waals surface area contributed by atoms with Gasteiger partial charge in [0.25, 0.3) is 0 Å². The molecular weight excluding hydrogens is 747 g/mol. The Balaban J connectivity index is 1.15. The fourth-order valence-corrected chi connectivity index (χ4v) is 10.5. The molecule has 0 saturated carbocycles. The maximum atomic E-state index is 2.50. The molecule has 0 saturated heterocycles. The Morgan fingerprint density at radius 2 is 0.823 bits per heavy atom. The number of fused-ring (bicyclic) bond motifs is 7. The van der Waals surface area contributed by atoms with Crippen LogP contribution in [-0.4, -0.2) is 0 Å². The van der Waals surface area contributed by atoms with Crippen molar-refractivity contribution in [2.24, 2.45) is 0 Å². The molecule has 0 aromatic heterocycles. The minimum Gasteiger partial charge on any atom is -0.310 e. The van der Waals surface area contributed by atoms with Crippen LogP contribution in [0, 0.1) is 0 Å². The molecule has 1 nitrogen and oxygen atoms in total. The van der Waals surface area contributed by atoms with E-state index in [4.69, 9.17) is 0 Å². The molecule has 0 amide bonds. The van der Waals surface area contributed by atoms with Gasteiger partial charge in [-0.25, -0.2) is 0 Å². The van der Waals surface area contributed by atoms with Crippen molar-refractivity contribution >= 4 is 49.4 Å². The fraction of sp³-hybridized carbons (Fsp3) is 0.0164. The minimum atomic E-state index is -0.533. The largest absolute Gasteiger partial charge is 0.310 e. The summed E-state index contributed by atoms with van der Waals surface area (Å²) in [6, 6.07) is 91.8. The molecule has 12 rings (SSSR count). The molecule has 1 aliphatic rings. The van der Waals surface area contributed by atoms with Crippen molar-refractivity contribution in [3.8, 4) is 33.4 Å². The van der Waals surface area contributed by atoms with E-state index in [-0.39, 0.29) is 0 Å². The van der Waals surface area contributed by atoms with E-state index in [1.807, 2.05) is 0 Å². The molecule has 1 aliphatic carbocycles. The number of anilines is 3. The van der Waals surface area contributed by atoms with Crippen LogP contribution in [-0.2, 0) is 5.41 Å². The van der Waals surface area contributed by atoms with Gasteiger partial charge < -0.3 is 4.90 Å². The normalized spacial score (nSPS) is 12.6. The zero-order valence-corrected chi connectivity index (χ0v) is 34.1. The lowest BCUT2D eigenvalue weighted by molar-refractivity contribution is 0.768. The zero-order valence-electron chi connectivity index (χ0n) is 34.1. The van der Waals surface area contributed by atoms with Gasteiger partial charge in [0.05, 0.1) is 11.1 Å². The summed E-state index contributed by atoms with van der Waals surface area (Å²) in [4.78, 5) is 2.50. The van der Waals surface area contributed by atoms with Crippen molar-refractivity contribution in [2.45, 2.75) is 5.41 Å². The second kappa shape index (κ2) is 14.6. The summed E-state index contributed by atoms with van der Waals surface area (Å²) in [5.41, 5.74) is 15.2. The standard InChI is InChI=1S/C61H41N/c1-3-23-45(24-4-1)61(46-25-5-2-6-26-46)58-35-15-13-32-54(58)55-38-37-48(41-59(55)61)62(47-27-17-22-43(39-47)50-34-18-21-42-19-7-9-28-49(42)50)60-36-16-14-33-56(60)57-40-44-20-8-10-29-51(44)52-30-11-12-31-53(52)57/h1-41H. The van der Waals surface area contributed by atoms with Crippen LogP contribution in [0.4, 0.5) is 17.1 Å². The Morgan fingerprint density at radius 3 is 1.61 bits per heavy atom. The van der Waals surface area contributed by atoms with E-state index in [0.29, 0.717) is 0 Å². The van der Waals surface area contributed by atoms with E-state index in [2.05, 4.69) is 254 Å². The molecule has 0 radical (unpaired) electrons. The number of hydrogen-bond acceptors (Lipinski definition) is 1. The highest BCUT2D eigenvalue weighted by atomic mass is 15.1. The lowest BCUT2D eigenvalue weighted by atomic mass is 9.67. The van der Waals surface area contributed by atoms with Crippen LogP contribution >= 0.6 is 0 Å². The molecular formula is C61H41N. The molecule has 0 bridgehead atoms. The minimum absolute atomic E-state index is 0.533. The van der Waals surface area contributed by atoms with Gasteiger partial charge >= 0.3 is 0 Å². The summed E-state index contributed by atoms with van der Waals surface area (Å²) in [5, 5.41) is 7.46. The number of rotatable bonds is 7. The van der Waals surface area contributed by atoms with Gasteiger partial charge in [0.1, 0.15) is 0 Å². The van der Waals surface area contributed by atoms with Crippen molar-refractivity contribution < 1.29 is 0 Å². The Kier molecular flexibility index (Phi) is 8.47. The van der Waals surface area contributed by atoms with Crippen LogP contribution in [0.1, 0.15) is 22.3 Å². The first-order valence-electron chi connectivity index (χ1n) is 21.5. The monoisotopic (exact) mass is 787 g/mol. The Morgan fingerprint density at radius 1 is 0.274 bits per heavy atom. The highest BCUT2D eigenvalue weighted by Gasteiger charge is 2.46. The van der Waals surface area contributed by atoms with Gasteiger partial charge in [-0.15, -0.1) is 0 Å². The van der Waals surface area contributed by atoms with Crippen molar-refractivity contribution in [3.05, 3.63) is 271 Å². The lowest BCUT2D eigenvalue weighted by Gasteiger charge is -2.35. The predicted molar refractivity (Wildman–Crippen MR) is 262 cm³/mol. The van der Waals surface area contributed by atoms with E-state index < -0.39 is 5.41 Å². The van der Waals surface area contributed by atoms with Crippen molar-refractivity contribution in [1.29, 1.82) is 0 Å². The summed E-state index contributed by atoms with van der Waals surface area (Å²) in [6.45, 7) is 0. The van der Waals surface area contributed by atoms with Gasteiger partial charge in [0.15, 0.2) is 0 Å². The number of hydrogen-bond donors (Lipinski definition) is 0. The van der Waals surface area contributed by atoms with E-state index in [9.17, 15) is 0 Å². The van der Waals surface area contributed by atoms with Crippen molar-refractivity contribution in [2.75, 3.05) is 4.90 Å². The highest BCUT2D eigenvalue weighted by molar-refractivity contribution is 6.15. The first-order chi connectivity index (χ1) is 30.8. The smallest absolute Gasteiger partial charge is 0.0714 e. The van der Waals surface area contributed by atoms with E-state index in [1.54, 1.807) is 0 Å². The number of para-hydroxylation sites is 1. The second-order valence-corrected chi connectivity index (χ2v) is 16.4. The van der Waals surface area contributed by atoms with Gasteiger partial charge in [-0.05, 0) is 119 Å². The van der Waals surface area contributed by atoms with Gasteiger partial charge in [-0.1, -0.05) is 212 Å². The Hall–Kier alpha value is -8.00. The molecule has 0 N–H and O–H groups in total. The van der Waals surface area contributed by atoms with Crippen molar-refractivity contribution in [3.63, 3.8) is 0 Å². The van der Waals surface area contributed by atoms with Crippen LogP contribution < -0.4 is 4.90 Å². The molecule has 0 fully saturated rings. The first-order valence-corrected chi connectivity index (χ1v) is 21.5. The average molecular weight is 788 g/mol. The first kappa shape index (κ1) is 35.9. The molecule has 1 heteroatoms. The fourth-order valence-electron chi connectivity index (χ4n) is 10.5. The molecule has 0 aliphatic heterocycles. The quantitative estimate of drug-likeness (QED) is 0.145. The van der Waals surface area contributed by atoms with Crippen LogP contribution in [0.3, 0.4) is 0 Å². The molecule has 0 heterocycles. The maximum absolute atomic E-state index is 2.50. The summed E-state index contributed by atoms with van der Waals surface area (Å²) in [7, 11) is 0. The number of nitrogens with zero attached hydrogens (tertiary/aromatic N) is 1. The molecule has 0 unspecified atom stereocenters. The Labute approximate surface area is 362 Å². The van der Waals surface area contributed by atoms with Crippen LogP contribution in [0.5, 0.6) is 0 Å². The molecule has 11 aromatic carbocycles. The maximum Gasteiger partial charge on any atom is 0.0714 e. The summed E-state index contributed by atoms with van der Waals surface area (Å²) < 4.78 is 0. The second-order valence-electron chi connectivity index (χ2n) is 16.4. The summed E-state index contributed by atoms with van der Waals surface area (Å²) in [6.07, 6.45) is 0. The summed E-state index contributed by atoms with van der Waals surface area (Å²) >= 11 is 0. The number of benzene rings is 11. The van der Waals surface area contributed by atoms with Crippen LogP contribution in [0.25, 0.3) is 65.7 Å². The molecule has 0 atom stereocenters. The average Bonchev–Trinajstić information content (AvgIpc) is 3.65. The summed E-state index contributed by atoms with van der Waals surface area (Å²) in [5.74, 6) is 0. The molecule has 62 heavy (non-hydrogen) atoms.